The number of esters is 2. The molecule has 0 radical (unpaired) electrons. The van der Waals surface area contributed by atoms with Gasteiger partial charge in [0.15, 0.2) is 0 Å². The molecule has 0 aliphatic carbocycles. The third kappa shape index (κ3) is 5.26. The zero-order chi connectivity index (χ0) is 39.6. The molecule has 2 aliphatic rings. The molecule has 0 atom stereocenters. The number of amides is 4. The van der Waals surface area contributed by atoms with Gasteiger partial charge in [-0.1, -0.05) is 56.1 Å². The van der Waals surface area contributed by atoms with Crippen molar-refractivity contribution in [3.63, 3.8) is 0 Å². The highest BCUT2D eigenvalue weighted by atomic mass is 79.9. The Morgan fingerprint density at radius 1 is 0.429 bits per heavy atom. The van der Waals surface area contributed by atoms with Gasteiger partial charge in [0.05, 0.1) is 11.4 Å². The van der Waals surface area contributed by atoms with Crippen LogP contribution in [-0.2, 0) is 9.59 Å². The van der Waals surface area contributed by atoms with Crippen molar-refractivity contribution in [1.29, 1.82) is 0 Å². The molecule has 2 aliphatic heterocycles. The van der Waals surface area contributed by atoms with E-state index in [4.69, 9.17) is 9.47 Å². The minimum Gasteiger partial charge on any atom is -0.426 e. The van der Waals surface area contributed by atoms with Crippen LogP contribution in [0.25, 0.3) is 43.1 Å². The van der Waals surface area contributed by atoms with E-state index in [2.05, 4.69) is 31.9 Å². The molecule has 0 spiro atoms. The number of rotatable bonds is 6. The number of nitrogens with zero attached hydrogens (tertiary/aromatic N) is 2. The maximum atomic E-state index is 14.1. The van der Waals surface area contributed by atoms with Crippen LogP contribution in [0.1, 0.15) is 69.1 Å². The zero-order valence-corrected chi connectivity index (χ0v) is 33.3. The van der Waals surface area contributed by atoms with Crippen molar-refractivity contribution < 1.29 is 38.2 Å². The lowest BCUT2D eigenvalue weighted by Gasteiger charge is -2.30. The van der Waals surface area contributed by atoms with Crippen LogP contribution in [0.15, 0.2) is 97.1 Å². The molecule has 56 heavy (non-hydrogen) atoms. The number of halogens is 2. The van der Waals surface area contributed by atoms with E-state index in [0.29, 0.717) is 44.4 Å². The first-order valence-electron chi connectivity index (χ1n) is 17.5. The molecule has 7 aromatic carbocycles. The Bertz CT molecular complexity index is 2620. The van der Waals surface area contributed by atoms with Gasteiger partial charge in [-0.15, -0.1) is 0 Å². The number of fused-ring (bicyclic) bond motifs is 2. The number of alkyl halides is 2. The van der Waals surface area contributed by atoms with Gasteiger partial charge in [0.2, 0.25) is 0 Å². The second-order valence-electron chi connectivity index (χ2n) is 14.7. The first-order valence-corrected chi connectivity index (χ1v) is 19.1. The zero-order valence-electron chi connectivity index (χ0n) is 30.2. The Morgan fingerprint density at radius 2 is 0.696 bits per heavy atom. The number of benzene rings is 7. The minimum absolute atomic E-state index is 0.269. The van der Waals surface area contributed by atoms with Crippen LogP contribution in [0.5, 0.6) is 11.5 Å². The third-order valence-corrected chi connectivity index (χ3v) is 10.9. The second-order valence-corrected chi connectivity index (χ2v) is 18.7. The number of carbonyl (C=O) groups excluding carboxylic acids is 6. The summed E-state index contributed by atoms with van der Waals surface area (Å²) in [6.45, 7) is 6.67. The fourth-order valence-electron chi connectivity index (χ4n) is 7.52. The SMILES string of the molecule is CC(C)(Br)C(=O)Oc1ccc(N2C(=O)c3ccc4c5ccc6c7c(ccc(c8ccc(c3c48)C2=O)c75)C(=O)N(c2ccc(OC(=O)C(C)(C)Br)cc2)C6=O)cc1. The van der Waals surface area contributed by atoms with Gasteiger partial charge in [0, 0.05) is 33.0 Å². The van der Waals surface area contributed by atoms with Gasteiger partial charge < -0.3 is 9.47 Å². The fraction of sp³-hybridized carbons (Fsp3) is 0.136. The number of imide groups is 2. The molecular weight excluding hydrogens is 844 g/mol. The summed E-state index contributed by atoms with van der Waals surface area (Å²) < 4.78 is 9.08. The van der Waals surface area contributed by atoms with Gasteiger partial charge in [0.25, 0.3) is 23.6 Å². The Labute approximate surface area is 335 Å². The Hall–Kier alpha value is -5.98. The smallest absolute Gasteiger partial charge is 0.327 e. The molecule has 2 heterocycles. The van der Waals surface area contributed by atoms with E-state index < -0.39 is 44.2 Å². The van der Waals surface area contributed by atoms with E-state index in [9.17, 15) is 28.8 Å². The summed E-state index contributed by atoms with van der Waals surface area (Å²) >= 11 is 6.57. The van der Waals surface area contributed by atoms with Crippen LogP contribution in [0.2, 0.25) is 0 Å². The summed E-state index contributed by atoms with van der Waals surface area (Å²) in [5, 5.41) is 5.60. The molecule has 0 bridgehead atoms. The molecule has 12 heteroatoms. The molecule has 0 saturated heterocycles. The van der Waals surface area contributed by atoms with E-state index in [1.165, 1.54) is 24.3 Å². The Morgan fingerprint density at radius 3 is 0.946 bits per heavy atom. The molecule has 0 fully saturated rings. The van der Waals surface area contributed by atoms with Crippen LogP contribution in [0.4, 0.5) is 11.4 Å². The number of ether oxygens (including phenoxy) is 2. The average Bonchev–Trinajstić information content (AvgIpc) is 3.16. The summed E-state index contributed by atoms with van der Waals surface area (Å²) in [5.74, 6) is -2.43. The van der Waals surface area contributed by atoms with Gasteiger partial charge in [-0.25, -0.2) is 9.80 Å². The van der Waals surface area contributed by atoms with E-state index in [1.807, 2.05) is 24.3 Å². The van der Waals surface area contributed by atoms with Gasteiger partial charge in [-0.2, -0.15) is 0 Å². The highest BCUT2D eigenvalue weighted by molar-refractivity contribution is 9.10. The van der Waals surface area contributed by atoms with E-state index in [1.54, 1.807) is 76.2 Å². The lowest BCUT2D eigenvalue weighted by Crippen LogP contribution is -2.40. The van der Waals surface area contributed by atoms with Gasteiger partial charge in [0.1, 0.15) is 20.1 Å². The van der Waals surface area contributed by atoms with Gasteiger partial charge in [-0.3, -0.25) is 28.8 Å². The third-order valence-electron chi connectivity index (χ3n) is 10.2. The number of hydrogen-bond donors (Lipinski definition) is 0. The average molecular weight is 873 g/mol. The maximum absolute atomic E-state index is 14.1. The fourth-order valence-corrected chi connectivity index (χ4v) is 7.68. The molecule has 7 aromatic rings. The predicted octanol–water partition coefficient (Wildman–Crippen LogP) is 9.50. The second kappa shape index (κ2) is 12.3. The van der Waals surface area contributed by atoms with Crippen molar-refractivity contribution in [3.05, 3.63) is 119 Å². The molecule has 9 rings (SSSR count). The maximum Gasteiger partial charge on any atom is 0.327 e. The molecule has 0 saturated carbocycles. The topological polar surface area (TPSA) is 127 Å². The van der Waals surface area contributed by atoms with E-state index in [-0.39, 0.29) is 11.5 Å². The predicted molar refractivity (Wildman–Crippen MR) is 220 cm³/mol. The van der Waals surface area contributed by atoms with Crippen LogP contribution in [0, 0.1) is 0 Å². The van der Waals surface area contributed by atoms with Crippen LogP contribution < -0.4 is 19.3 Å². The van der Waals surface area contributed by atoms with E-state index >= 15 is 0 Å². The summed E-state index contributed by atoms with van der Waals surface area (Å²) in [4.78, 5) is 83.5. The molecule has 0 aromatic heterocycles. The minimum atomic E-state index is -0.894. The molecular formula is C44H28Br2N2O8. The molecule has 4 amide bonds. The standard InChI is InChI=1S/C44H28Br2N2O8/c1-43(2,45)41(53)55-23-9-5-21(6-10-23)47-37(49)29-17-13-25-27-15-19-31-36-32(20-16-28(34(27)36)26-14-18-30(38(47)50)35(29)33(25)26)40(52)48(39(31)51)22-7-11-24(12-8-22)56-42(54)44(3,4)46/h5-20H,1-4H3. The largest absolute Gasteiger partial charge is 0.426 e. The summed E-state index contributed by atoms with van der Waals surface area (Å²) in [7, 11) is 0. The van der Waals surface area contributed by atoms with Crippen molar-refractivity contribution in [2.45, 2.75) is 36.3 Å². The van der Waals surface area contributed by atoms with Crippen LogP contribution in [0.3, 0.4) is 0 Å². The Balaban J connectivity index is 1.12. The number of hydrogen-bond acceptors (Lipinski definition) is 8. The highest BCUT2D eigenvalue weighted by Crippen LogP contribution is 2.47. The van der Waals surface area contributed by atoms with Crippen molar-refractivity contribution in [2.24, 2.45) is 0 Å². The first kappa shape index (κ1) is 35.7. The normalized spacial score (nSPS) is 14.5. The van der Waals surface area contributed by atoms with Gasteiger partial charge >= 0.3 is 11.9 Å². The monoisotopic (exact) mass is 870 g/mol. The van der Waals surface area contributed by atoms with Crippen molar-refractivity contribution in [2.75, 3.05) is 9.80 Å². The molecule has 10 nitrogen and oxygen atoms in total. The van der Waals surface area contributed by atoms with Crippen LogP contribution >= 0.6 is 31.9 Å². The van der Waals surface area contributed by atoms with Crippen molar-refractivity contribution in [3.8, 4) is 11.5 Å². The lowest BCUT2D eigenvalue weighted by molar-refractivity contribution is -0.136. The highest BCUT2D eigenvalue weighted by Gasteiger charge is 2.38. The van der Waals surface area contributed by atoms with Crippen molar-refractivity contribution >= 4 is 122 Å². The van der Waals surface area contributed by atoms with E-state index in [0.717, 1.165) is 42.1 Å². The Kier molecular flexibility index (Phi) is 7.82. The molecule has 276 valence electrons. The summed E-state index contributed by atoms with van der Waals surface area (Å²) in [6.07, 6.45) is 0. The summed E-state index contributed by atoms with van der Waals surface area (Å²) in [6, 6.07) is 26.6. The first-order chi connectivity index (χ1) is 26.5. The number of carbonyl (C=O) groups is 6. The molecule has 0 N–H and O–H groups in total. The summed E-state index contributed by atoms with van der Waals surface area (Å²) in [5.41, 5.74) is 2.05. The number of anilines is 2. The quantitative estimate of drug-likeness (QED) is 0.0404. The van der Waals surface area contributed by atoms with Crippen LogP contribution in [-0.4, -0.2) is 44.2 Å². The molecule has 0 unspecified atom stereocenters. The van der Waals surface area contributed by atoms with Crippen molar-refractivity contribution in [1.82, 2.24) is 0 Å². The lowest BCUT2D eigenvalue weighted by atomic mass is 9.82. The van der Waals surface area contributed by atoms with Gasteiger partial charge in [-0.05, 0) is 133 Å².